The van der Waals surface area contributed by atoms with Crippen LogP contribution in [0.1, 0.15) is 82.7 Å². The number of amides is 3. The zero-order valence-electron chi connectivity index (χ0n) is 27.9. The number of nitrogens with one attached hydrogen (secondary N) is 3. The quantitative estimate of drug-likeness (QED) is 0.181. The van der Waals surface area contributed by atoms with E-state index in [0.717, 1.165) is 5.69 Å². The van der Waals surface area contributed by atoms with E-state index in [-0.39, 0.29) is 38.2 Å². The number of esters is 1. The van der Waals surface area contributed by atoms with Crippen LogP contribution in [-0.2, 0) is 19.0 Å². The number of nitrogens with zero attached hydrogens (tertiary/aromatic N) is 3. The molecule has 3 rings (SSSR count). The molecule has 3 heterocycles. The van der Waals surface area contributed by atoms with Crippen LogP contribution < -0.4 is 10.6 Å². The number of fused-ring (bicyclic) bond motifs is 1. The highest BCUT2D eigenvalue weighted by atomic mass is 16.6. The summed E-state index contributed by atoms with van der Waals surface area (Å²) in [6.45, 7) is 17.1. The van der Waals surface area contributed by atoms with Crippen LogP contribution in [-0.4, -0.2) is 94.4 Å². The average Bonchev–Trinajstić information content (AvgIpc) is 3.43. The van der Waals surface area contributed by atoms with Gasteiger partial charge in [-0.15, -0.1) is 0 Å². The number of likely N-dealkylation sites (N-methyl/N-ethyl adjacent to an activating group) is 1. The number of hydrogen-bond acceptors (Lipinski definition) is 9. The highest BCUT2D eigenvalue weighted by molar-refractivity contribution is 6.35. The van der Waals surface area contributed by atoms with Crippen LogP contribution in [0.3, 0.4) is 0 Å². The van der Waals surface area contributed by atoms with Gasteiger partial charge in [0.05, 0.1) is 35.3 Å². The minimum absolute atomic E-state index is 0.206. The minimum atomic E-state index is -0.711. The summed E-state index contributed by atoms with van der Waals surface area (Å²) in [6.07, 6.45) is 2.17. The van der Waals surface area contributed by atoms with Crippen LogP contribution in [0.15, 0.2) is 18.3 Å². The average molecular weight is 627 g/mol. The molecule has 0 spiro atoms. The van der Waals surface area contributed by atoms with E-state index in [2.05, 4.69) is 20.6 Å². The molecule has 1 atom stereocenters. The number of H-pyrrole nitrogens is 1. The molecule has 0 radical (unpaired) electrons. The molecule has 2 aromatic heterocycles. The first-order chi connectivity index (χ1) is 20.9. The number of carbonyl (C=O) groups excluding carboxylic acids is 4. The van der Waals surface area contributed by atoms with E-state index >= 15 is 0 Å². The van der Waals surface area contributed by atoms with Gasteiger partial charge in [-0.05, 0) is 80.5 Å². The maximum atomic E-state index is 13.1. The van der Waals surface area contributed by atoms with Crippen molar-refractivity contribution in [2.75, 3.05) is 43.9 Å². The van der Waals surface area contributed by atoms with Gasteiger partial charge in [0.15, 0.2) is 0 Å². The zero-order valence-corrected chi connectivity index (χ0v) is 27.9. The van der Waals surface area contributed by atoms with E-state index in [1.54, 1.807) is 79.9 Å². The van der Waals surface area contributed by atoms with Crippen LogP contribution in [0.2, 0.25) is 0 Å². The normalized spacial score (nSPS) is 14.4. The lowest BCUT2D eigenvalue weighted by Crippen LogP contribution is -2.46. The molecule has 1 aliphatic rings. The highest BCUT2D eigenvalue weighted by Gasteiger charge is 2.28. The third kappa shape index (κ3) is 9.98. The van der Waals surface area contributed by atoms with Crippen molar-refractivity contribution in [3.8, 4) is 0 Å². The largest absolute Gasteiger partial charge is 0.462 e. The van der Waals surface area contributed by atoms with Gasteiger partial charge < -0.3 is 39.6 Å². The van der Waals surface area contributed by atoms with Crippen molar-refractivity contribution in [3.05, 3.63) is 40.8 Å². The van der Waals surface area contributed by atoms with Gasteiger partial charge >= 0.3 is 18.2 Å². The second kappa shape index (κ2) is 14.0. The molecule has 2 aromatic rings. The monoisotopic (exact) mass is 626 g/mol. The fourth-order valence-corrected chi connectivity index (χ4v) is 4.47. The van der Waals surface area contributed by atoms with Gasteiger partial charge in [-0.3, -0.25) is 4.79 Å². The maximum Gasteiger partial charge on any atom is 0.410 e. The van der Waals surface area contributed by atoms with Crippen LogP contribution in [0.5, 0.6) is 0 Å². The molecular formula is C32H46N6O7. The molecule has 1 unspecified atom stereocenters. The smallest absolute Gasteiger partial charge is 0.410 e. The second-order valence-electron chi connectivity index (χ2n) is 13.0. The first-order valence-electron chi connectivity index (χ1n) is 15.0. The Labute approximate surface area is 264 Å². The lowest BCUT2D eigenvalue weighted by molar-refractivity contribution is -0.110. The molecule has 45 heavy (non-hydrogen) atoms. The van der Waals surface area contributed by atoms with E-state index in [0.29, 0.717) is 33.9 Å². The summed E-state index contributed by atoms with van der Waals surface area (Å²) >= 11 is 0. The Morgan fingerprint density at radius 3 is 2.31 bits per heavy atom. The van der Waals surface area contributed by atoms with Crippen LogP contribution >= 0.6 is 0 Å². The Hall–Kier alpha value is -4.55. The number of hydrogen-bond donors (Lipinski definition) is 3. The van der Waals surface area contributed by atoms with Gasteiger partial charge in [0.1, 0.15) is 17.0 Å². The molecule has 0 aliphatic carbocycles. The van der Waals surface area contributed by atoms with E-state index in [9.17, 15) is 19.2 Å². The lowest BCUT2D eigenvalue weighted by Gasteiger charge is -2.31. The van der Waals surface area contributed by atoms with Gasteiger partial charge in [0, 0.05) is 44.0 Å². The molecule has 0 fully saturated rings. The summed E-state index contributed by atoms with van der Waals surface area (Å²) in [6, 6.07) is 3.12. The van der Waals surface area contributed by atoms with E-state index in [1.165, 1.54) is 9.80 Å². The molecule has 1 aliphatic heterocycles. The molecule has 0 saturated carbocycles. The first-order valence-corrected chi connectivity index (χ1v) is 15.0. The van der Waals surface area contributed by atoms with Gasteiger partial charge in [-0.2, -0.15) is 0 Å². The highest BCUT2D eigenvalue weighted by Crippen LogP contribution is 2.34. The molecule has 13 heteroatoms. The fourth-order valence-electron chi connectivity index (χ4n) is 4.47. The standard InChI is InChI=1S/C32H46N6O7/c1-11-43-28(40)23-14-19(2)34-24(23)15-22-21-16-26(33-17-25(21)36-27(22)39)35-20(3)18-38(30(42)45-32(7,8)9)13-12-37(10)29(41)44-31(4,5)6/h14-17,20,34H,11-13,18H2,1-10H3,(H,33,35)(H,36,39)/b22-15-. The number of carbonyl (C=O) groups is 4. The molecule has 0 bridgehead atoms. The Morgan fingerprint density at radius 2 is 1.69 bits per heavy atom. The summed E-state index contributed by atoms with van der Waals surface area (Å²) in [5.41, 5.74) is 1.70. The van der Waals surface area contributed by atoms with Crippen molar-refractivity contribution in [1.29, 1.82) is 0 Å². The summed E-state index contributed by atoms with van der Waals surface area (Å²) in [5, 5.41) is 6.11. The van der Waals surface area contributed by atoms with Crippen molar-refractivity contribution in [3.63, 3.8) is 0 Å². The van der Waals surface area contributed by atoms with E-state index < -0.39 is 29.4 Å². The fraction of sp³-hybridized carbons (Fsp3) is 0.531. The second-order valence-corrected chi connectivity index (χ2v) is 13.0. The number of aryl methyl sites for hydroxylation is 1. The summed E-state index contributed by atoms with van der Waals surface area (Å²) < 4.78 is 16.2. The van der Waals surface area contributed by atoms with Gasteiger partial charge in [-0.25, -0.2) is 19.4 Å². The molecule has 3 amide bonds. The van der Waals surface area contributed by atoms with E-state index in [4.69, 9.17) is 14.2 Å². The molecule has 3 N–H and O–H groups in total. The predicted molar refractivity (Wildman–Crippen MR) is 172 cm³/mol. The van der Waals surface area contributed by atoms with E-state index in [1.807, 2.05) is 13.8 Å². The van der Waals surface area contributed by atoms with Crippen molar-refractivity contribution in [2.45, 2.75) is 79.6 Å². The van der Waals surface area contributed by atoms with Crippen LogP contribution in [0.25, 0.3) is 11.6 Å². The van der Waals surface area contributed by atoms with Crippen molar-refractivity contribution in [1.82, 2.24) is 19.8 Å². The number of rotatable bonds is 10. The third-order valence-corrected chi connectivity index (χ3v) is 6.40. The SMILES string of the molecule is CCOC(=O)c1cc(C)[nH]c1/C=C1\C(=O)Nc2cnc(NC(C)CN(CCN(C)C(=O)OC(C)(C)C)C(=O)OC(C)(C)C)cc21. The first kappa shape index (κ1) is 34.9. The van der Waals surface area contributed by atoms with Crippen LogP contribution in [0, 0.1) is 6.92 Å². The molecule has 0 aromatic carbocycles. The van der Waals surface area contributed by atoms with Crippen molar-refractivity contribution < 1.29 is 33.4 Å². The third-order valence-electron chi connectivity index (χ3n) is 6.40. The topological polar surface area (TPSA) is 155 Å². The van der Waals surface area contributed by atoms with Gasteiger partial charge in [-0.1, -0.05) is 0 Å². The summed E-state index contributed by atoms with van der Waals surface area (Å²) in [4.78, 5) is 61.5. The van der Waals surface area contributed by atoms with Crippen LogP contribution in [0.4, 0.5) is 21.1 Å². The number of pyridine rings is 1. The number of aromatic nitrogens is 2. The number of anilines is 2. The Morgan fingerprint density at radius 1 is 1.04 bits per heavy atom. The Bertz CT molecular complexity index is 1450. The molecule has 13 nitrogen and oxygen atoms in total. The van der Waals surface area contributed by atoms with Crippen molar-refractivity contribution >= 4 is 47.2 Å². The summed E-state index contributed by atoms with van der Waals surface area (Å²) in [5.74, 6) is -0.332. The van der Waals surface area contributed by atoms with Crippen molar-refractivity contribution in [2.24, 2.45) is 0 Å². The van der Waals surface area contributed by atoms with Gasteiger partial charge in [0.25, 0.3) is 5.91 Å². The number of aromatic amines is 1. The molecular weight excluding hydrogens is 580 g/mol. The lowest BCUT2D eigenvalue weighted by atomic mass is 10.1. The molecule has 246 valence electrons. The maximum absolute atomic E-state index is 13.1. The number of ether oxygens (including phenoxy) is 3. The predicted octanol–water partition coefficient (Wildman–Crippen LogP) is 5.29. The minimum Gasteiger partial charge on any atom is -0.462 e. The molecule has 0 saturated heterocycles. The summed E-state index contributed by atoms with van der Waals surface area (Å²) in [7, 11) is 1.61. The Balaban J connectivity index is 1.79. The van der Waals surface area contributed by atoms with Gasteiger partial charge in [0.2, 0.25) is 0 Å². The Kier molecular flexibility index (Phi) is 10.9. The zero-order chi connectivity index (χ0) is 33.7.